The molecule has 0 nitrogen and oxygen atoms in total. The van der Waals surface area contributed by atoms with E-state index < -0.39 is 0 Å². The van der Waals surface area contributed by atoms with E-state index in [1.807, 2.05) is 13.8 Å². The molecule has 0 bridgehead atoms. The Bertz CT molecular complexity index is 221. The molecule has 1 aliphatic carbocycles. The summed E-state index contributed by atoms with van der Waals surface area (Å²) in [4.78, 5) is 0. The van der Waals surface area contributed by atoms with Crippen LogP contribution in [0.1, 0.15) is 53.9 Å². The summed E-state index contributed by atoms with van der Waals surface area (Å²) >= 11 is 0. The van der Waals surface area contributed by atoms with Gasteiger partial charge in [-0.1, -0.05) is 53.9 Å². The Morgan fingerprint density at radius 2 is 1.73 bits per heavy atom. The maximum Gasteiger partial charge on any atom is 0 e. The Morgan fingerprint density at radius 3 is 2.20 bits per heavy atom. The van der Waals surface area contributed by atoms with Crippen LogP contribution in [0.5, 0.6) is 0 Å². The van der Waals surface area contributed by atoms with Gasteiger partial charge in [0.05, 0.1) is 0 Å². The first-order valence-electron chi connectivity index (χ1n) is 5.84. The van der Waals surface area contributed by atoms with E-state index in [-0.39, 0.29) is 32.7 Å². The van der Waals surface area contributed by atoms with Gasteiger partial charge in [0.15, 0.2) is 0 Å². The van der Waals surface area contributed by atoms with Crippen molar-refractivity contribution in [1.82, 2.24) is 0 Å². The van der Waals surface area contributed by atoms with Crippen LogP contribution in [0.4, 0.5) is 0 Å². The van der Waals surface area contributed by atoms with E-state index in [4.69, 9.17) is 0 Å². The minimum atomic E-state index is 0. The van der Waals surface area contributed by atoms with Gasteiger partial charge in [-0.25, -0.2) is 0 Å². The van der Waals surface area contributed by atoms with Crippen LogP contribution in [0.25, 0.3) is 0 Å². The molecule has 0 aromatic rings. The Balaban J connectivity index is 0. The summed E-state index contributed by atoms with van der Waals surface area (Å²) in [6.45, 7) is 14.8. The second-order valence-electron chi connectivity index (χ2n) is 4.05. The largest absolute Gasteiger partial charge is 0.198 e. The standard InChI is InChI=1S/C12H19.C2H6.Y/c1-9(2)8-12-7-5-6-10(3)11(12)4;1-2;/h8-9H,4-7H2,1-3H3;1-2H3;/q-1;;/b12-8+;;. The minimum absolute atomic E-state index is 0. The van der Waals surface area contributed by atoms with Gasteiger partial charge in [-0.3, -0.25) is 0 Å². The molecule has 0 atom stereocenters. The maximum absolute atomic E-state index is 4.12. The summed E-state index contributed by atoms with van der Waals surface area (Å²) in [5, 5.41) is 0. The molecular formula is C14H25Y-. The monoisotopic (exact) mass is 282 g/mol. The van der Waals surface area contributed by atoms with Crippen molar-refractivity contribution in [2.75, 3.05) is 0 Å². The third-order valence-electron chi connectivity index (χ3n) is 2.44. The molecule has 0 aliphatic heterocycles. The first-order chi connectivity index (χ1) is 6.61. The Hall–Kier alpha value is 0.454. The molecule has 0 amide bonds. The van der Waals surface area contributed by atoms with Crippen molar-refractivity contribution in [2.24, 2.45) is 5.92 Å². The van der Waals surface area contributed by atoms with E-state index in [1.54, 1.807) is 0 Å². The molecule has 1 radical (unpaired) electrons. The van der Waals surface area contributed by atoms with Gasteiger partial charge in [0.2, 0.25) is 0 Å². The van der Waals surface area contributed by atoms with Gasteiger partial charge in [0.25, 0.3) is 0 Å². The molecule has 0 heterocycles. The van der Waals surface area contributed by atoms with Gasteiger partial charge in [0, 0.05) is 32.7 Å². The van der Waals surface area contributed by atoms with Gasteiger partial charge in [-0.2, -0.15) is 23.6 Å². The van der Waals surface area contributed by atoms with E-state index in [0.29, 0.717) is 5.92 Å². The smallest absolute Gasteiger partial charge is 0 e. The molecule has 1 aliphatic rings. The minimum Gasteiger partial charge on any atom is -0.198 e. The molecule has 85 valence electrons. The fraction of sp³-hybridized carbons (Fsp3) is 0.643. The van der Waals surface area contributed by atoms with Gasteiger partial charge in [0.1, 0.15) is 0 Å². The molecule has 0 spiro atoms. The summed E-state index contributed by atoms with van der Waals surface area (Å²) in [5.41, 5.74) is 4.26. The zero-order chi connectivity index (χ0) is 11.1. The Morgan fingerprint density at radius 1 is 1.20 bits per heavy atom. The van der Waals surface area contributed by atoms with E-state index in [9.17, 15) is 0 Å². The van der Waals surface area contributed by atoms with Crippen molar-refractivity contribution in [2.45, 2.75) is 53.9 Å². The summed E-state index contributed by atoms with van der Waals surface area (Å²) in [6, 6.07) is 0. The van der Waals surface area contributed by atoms with E-state index >= 15 is 0 Å². The first-order valence-corrected chi connectivity index (χ1v) is 5.84. The summed E-state index contributed by atoms with van der Waals surface area (Å²) < 4.78 is 0. The fourth-order valence-electron chi connectivity index (χ4n) is 1.71. The fourth-order valence-corrected chi connectivity index (χ4v) is 1.71. The summed E-state index contributed by atoms with van der Waals surface area (Å²) in [5.74, 6) is 0.655. The zero-order valence-electron chi connectivity index (χ0n) is 11.1. The van der Waals surface area contributed by atoms with Crippen LogP contribution in [0, 0.1) is 12.8 Å². The zero-order valence-corrected chi connectivity index (χ0v) is 13.9. The van der Waals surface area contributed by atoms with Crippen LogP contribution < -0.4 is 0 Å². The van der Waals surface area contributed by atoms with Crippen molar-refractivity contribution in [1.29, 1.82) is 0 Å². The van der Waals surface area contributed by atoms with Crippen molar-refractivity contribution >= 4 is 0 Å². The molecule has 0 unspecified atom stereocenters. The third kappa shape index (κ3) is 6.58. The van der Waals surface area contributed by atoms with Crippen molar-refractivity contribution < 1.29 is 32.7 Å². The maximum atomic E-state index is 4.12. The van der Waals surface area contributed by atoms with Crippen LogP contribution >= 0.6 is 0 Å². The molecule has 1 heteroatoms. The van der Waals surface area contributed by atoms with E-state index in [0.717, 1.165) is 0 Å². The molecule has 0 saturated heterocycles. The topological polar surface area (TPSA) is 0 Å². The van der Waals surface area contributed by atoms with Crippen molar-refractivity contribution in [3.8, 4) is 0 Å². The number of hydrogen-bond acceptors (Lipinski definition) is 0. The van der Waals surface area contributed by atoms with E-state index in [2.05, 4.69) is 33.8 Å². The molecular weight excluding hydrogens is 257 g/mol. The predicted octanol–water partition coefficient (Wildman–Crippen LogP) is 4.93. The molecule has 0 fully saturated rings. The number of hydrogen-bond donors (Lipinski definition) is 0. The summed E-state index contributed by atoms with van der Waals surface area (Å²) in [6.07, 6.45) is 6.14. The molecule has 0 saturated carbocycles. The van der Waals surface area contributed by atoms with Gasteiger partial charge in [-0.15, -0.1) is 6.08 Å². The Kier molecular flexibility index (Phi) is 11.5. The van der Waals surface area contributed by atoms with Gasteiger partial charge in [-0.05, 0) is 5.92 Å². The number of allylic oxidation sites excluding steroid dienone is 4. The third-order valence-corrected chi connectivity index (χ3v) is 2.44. The molecule has 1 rings (SSSR count). The van der Waals surface area contributed by atoms with Gasteiger partial charge < -0.3 is 0 Å². The van der Waals surface area contributed by atoms with Crippen LogP contribution in [0.3, 0.4) is 0 Å². The summed E-state index contributed by atoms with van der Waals surface area (Å²) in [7, 11) is 0. The Labute approximate surface area is 121 Å². The number of rotatable bonds is 1. The van der Waals surface area contributed by atoms with Crippen LogP contribution in [0.2, 0.25) is 0 Å². The molecule has 0 aromatic carbocycles. The average molecular weight is 282 g/mol. The van der Waals surface area contributed by atoms with Crippen LogP contribution in [-0.2, 0) is 32.7 Å². The normalized spacial score (nSPS) is 18.4. The average Bonchev–Trinajstić information content (AvgIpc) is 2.16. The SMILES string of the molecule is CC.[CH2-]C1=C(C)CCC/C1=C\C(C)C.[Y]. The first kappa shape index (κ1) is 17.8. The van der Waals surface area contributed by atoms with Crippen molar-refractivity contribution in [3.63, 3.8) is 0 Å². The quantitative estimate of drug-likeness (QED) is 0.598. The van der Waals surface area contributed by atoms with Crippen molar-refractivity contribution in [3.05, 3.63) is 29.7 Å². The van der Waals surface area contributed by atoms with Crippen LogP contribution in [-0.4, -0.2) is 0 Å². The second-order valence-corrected chi connectivity index (χ2v) is 4.05. The van der Waals surface area contributed by atoms with Crippen LogP contribution in [0.15, 0.2) is 22.8 Å². The van der Waals surface area contributed by atoms with Gasteiger partial charge >= 0.3 is 0 Å². The molecule has 0 N–H and O–H groups in total. The second kappa shape index (κ2) is 9.66. The van der Waals surface area contributed by atoms with E-state index in [1.165, 1.54) is 36.0 Å². The predicted molar refractivity (Wildman–Crippen MR) is 66.2 cm³/mol. The molecule has 0 aromatic heterocycles. The molecule has 15 heavy (non-hydrogen) atoms.